The Morgan fingerprint density at radius 2 is 2.00 bits per heavy atom. The standard InChI is InChI=1S/C15H19BrN2O2/c16-12-9-17-14(19)8-11(12)15(20)18-7-3-5-10-4-1-2-6-13(10)18/h8-10,13H,1-7H2,(H,17,19)/t10-,13-/m0/s1. The Hall–Kier alpha value is -1.10. The molecule has 4 nitrogen and oxygen atoms in total. The molecule has 0 unspecified atom stereocenters. The molecule has 1 amide bonds. The number of H-pyrrole nitrogens is 1. The van der Waals surface area contributed by atoms with Crippen molar-refractivity contribution >= 4 is 21.8 Å². The van der Waals surface area contributed by atoms with Gasteiger partial charge in [0.15, 0.2) is 0 Å². The van der Waals surface area contributed by atoms with Gasteiger partial charge in [0.2, 0.25) is 5.56 Å². The second-order valence-electron chi connectivity index (χ2n) is 5.81. The Morgan fingerprint density at radius 3 is 2.85 bits per heavy atom. The zero-order chi connectivity index (χ0) is 14.1. The number of hydrogen-bond donors (Lipinski definition) is 1. The van der Waals surface area contributed by atoms with Gasteiger partial charge in [-0.15, -0.1) is 0 Å². The van der Waals surface area contributed by atoms with Gasteiger partial charge >= 0.3 is 0 Å². The van der Waals surface area contributed by atoms with Crippen LogP contribution in [0.25, 0.3) is 0 Å². The van der Waals surface area contributed by atoms with Crippen LogP contribution in [0.3, 0.4) is 0 Å². The molecule has 0 bridgehead atoms. The van der Waals surface area contributed by atoms with Crippen molar-refractivity contribution in [3.05, 3.63) is 32.7 Å². The van der Waals surface area contributed by atoms with Gasteiger partial charge in [-0.3, -0.25) is 9.59 Å². The SMILES string of the molecule is O=C(c1cc(=O)[nH]cc1Br)N1CCC[C@@H]2CCCC[C@@H]21. The molecule has 5 heteroatoms. The van der Waals surface area contributed by atoms with Crippen molar-refractivity contribution in [2.75, 3.05) is 6.54 Å². The van der Waals surface area contributed by atoms with E-state index in [2.05, 4.69) is 20.9 Å². The number of carbonyl (C=O) groups is 1. The number of nitrogens with zero attached hydrogens (tertiary/aromatic N) is 1. The van der Waals surface area contributed by atoms with Crippen LogP contribution < -0.4 is 5.56 Å². The monoisotopic (exact) mass is 338 g/mol. The molecule has 1 aromatic rings. The van der Waals surface area contributed by atoms with E-state index in [1.165, 1.54) is 31.7 Å². The van der Waals surface area contributed by atoms with E-state index in [4.69, 9.17) is 0 Å². The molecule has 1 aromatic heterocycles. The average Bonchev–Trinajstić information content (AvgIpc) is 2.48. The highest BCUT2D eigenvalue weighted by Gasteiger charge is 2.36. The van der Waals surface area contributed by atoms with Crippen LogP contribution in [0.5, 0.6) is 0 Å². The topological polar surface area (TPSA) is 53.2 Å². The molecule has 1 saturated heterocycles. The van der Waals surface area contributed by atoms with Gasteiger partial charge in [-0.25, -0.2) is 0 Å². The first-order chi connectivity index (χ1) is 9.66. The second kappa shape index (κ2) is 5.72. The van der Waals surface area contributed by atoms with Crippen molar-refractivity contribution in [2.45, 2.75) is 44.6 Å². The van der Waals surface area contributed by atoms with Crippen molar-refractivity contribution in [1.82, 2.24) is 9.88 Å². The molecule has 2 heterocycles. The normalized spacial score (nSPS) is 26.1. The van der Waals surface area contributed by atoms with Crippen LogP contribution in [-0.4, -0.2) is 28.4 Å². The highest BCUT2D eigenvalue weighted by Crippen LogP contribution is 2.36. The number of halogens is 1. The van der Waals surface area contributed by atoms with Crippen molar-refractivity contribution in [2.24, 2.45) is 5.92 Å². The van der Waals surface area contributed by atoms with Gasteiger partial charge in [0.1, 0.15) is 0 Å². The van der Waals surface area contributed by atoms with E-state index in [9.17, 15) is 9.59 Å². The molecule has 0 spiro atoms. The number of rotatable bonds is 1. The second-order valence-corrected chi connectivity index (χ2v) is 6.67. The van der Waals surface area contributed by atoms with Crippen LogP contribution in [0.2, 0.25) is 0 Å². The highest BCUT2D eigenvalue weighted by atomic mass is 79.9. The van der Waals surface area contributed by atoms with Crippen molar-refractivity contribution in [3.63, 3.8) is 0 Å². The lowest BCUT2D eigenvalue weighted by Gasteiger charge is -2.44. The molecule has 0 aromatic carbocycles. The maximum absolute atomic E-state index is 12.8. The lowest BCUT2D eigenvalue weighted by Crippen LogP contribution is -2.49. The Kier molecular flexibility index (Phi) is 3.96. The van der Waals surface area contributed by atoms with Gasteiger partial charge in [-0.1, -0.05) is 12.8 Å². The zero-order valence-electron chi connectivity index (χ0n) is 11.4. The summed E-state index contributed by atoms with van der Waals surface area (Å²) in [5, 5.41) is 0. The molecule has 3 rings (SSSR count). The number of piperidine rings is 1. The maximum Gasteiger partial charge on any atom is 0.255 e. The molecule has 1 aliphatic heterocycles. The Bertz CT molecular complexity index is 567. The van der Waals surface area contributed by atoms with E-state index < -0.39 is 0 Å². The Morgan fingerprint density at radius 1 is 1.25 bits per heavy atom. The molecule has 2 fully saturated rings. The third-order valence-electron chi connectivity index (χ3n) is 4.61. The lowest BCUT2D eigenvalue weighted by atomic mass is 9.78. The Balaban J connectivity index is 1.88. The largest absolute Gasteiger partial charge is 0.335 e. The van der Waals surface area contributed by atoms with Crippen LogP contribution >= 0.6 is 15.9 Å². The first-order valence-electron chi connectivity index (χ1n) is 7.36. The summed E-state index contributed by atoms with van der Waals surface area (Å²) in [7, 11) is 0. The summed E-state index contributed by atoms with van der Waals surface area (Å²) >= 11 is 3.37. The molecule has 2 atom stereocenters. The maximum atomic E-state index is 12.8. The van der Waals surface area contributed by atoms with E-state index >= 15 is 0 Å². The first-order valence-corrected chi connectivity index (χ1v) is 8.15. The number of hydrogen-bond acceptors (Lipinski definition) is 2. The van der Waals surface area contributed by atoms with Gasteiger partial charge in [-0.05, 0) is 47.5 Å². The van der Waals surface area contributed by atoms with E-state index in [-0.39, 0.29) is 11.5 Å². The molecular formula is C15H19BrN2O2. The number of aromatic nitrogens is 1. The predicted molar refractivity (Wildman–Crippen MR) is 80.8 cm³/mol. The third kappa shape index (κ3) is 2.55. The Labute approximate surface area is 126 Å². The summed E-state index contributed by atoms with van der Waals surface area (Å²) in [4.78, 5) is 28.8. The zero-order valence-corrected chi connectivity index (χ0v) is 13.0. The number of aromatic amines is 1. The summed E-state index contributed by atoms with van der Waals surface area (Å²) in [6, 6.07) is 1.77. The summed E-state index contributed by atoms with van der Waals surface area (Å²) in [6.45, 7) is 0.819. The summed E-state index contributed by atoms with van der Waals surface area (Å²) < 4.78 is 0.667. The fourth-order valence-corrected chi connectivity index (χ4v) is 4.05. The van der Waals surface area contributed by atoms with Gasteiger partial charge < -0.3 is 9.88 Å². The fraction of sp³-hybridized carbons (Fsp3) is 0.600. The molecule has 1 aliphatic carbocycles. The van der Waals surface area contributed by atoms with E-state index in [0.717, 1.165) is 19.4 Å². The first kappa shape index (κ1) is 13.9. The number of carbonyl (C=O) groups excluding carboxylic acids is 1. The summed E-state index contributed by atoms with van der Waals surface area (Å²) in [5.41, 5.74) is 0.258. The third-order valence-corrected chi connectivity index (χ3v) is 5.26. The van der Waals surface area contributed by atoms with Crippen molar-refractivity contribution in [3.8, 4) is 0 Å². The predicted octanol–water partition coefficient (Wildman–Crippen LogP) is 2.93. The molecule has 20 heavy (non-hydrogen) atoms. The van der Waals surface area contributed by atoms with E-state index in [1.807, 2.05) is 4.90 Å². The number of likely N-dealkylation sites (tertiary alicyclic amines) is 1. The summed E-state index contributed by atoms with van der Waals surface area (Å²) in [6.07, 6.45) is 8.72. The van der Waals surface area contributed by atoms with E-state index in [0.29, 0.717) is 22.0 Å². The molecule has 108 valence electrons. The van der Waals surface area contributed by atoms with Crippen LogP contribution in [-0.2, 0) is 0 Å². The van der Waals surface area contributed by atoms with Gasteiger partial charge in [-0.2, -0.15) is 0 Å². The lowest BCUT2D eigenvalue weighted by molar-refractivity contribution is 0.0389. The minimum Gasteiger partial charge on any atom is -0.335 e. The number of fused-ring (bicyclic) bond motifs is 1. The van der Waals surface area contributed by atoms with Gasteiger partial charge in [0.25, 0.3) is 5.91 Å². The van der Waals surface area contributed by atoms with Crippen LogP contribution in [0.1, 0.15) is 48.9 Å². The quantitative estimate of drug-likeness (QED) is 0.855. The number of pyridine rings is 1. The minimum absolute atomic E-state index is 0.000394. The minimum atomic E-state index is -0.228. The molecule has 2 aliphatic rings. The molecule has 1 N–H and O–H groups in total. The van der Waals surface area contributed by atoms with Gasteiger partial charge in [0.05, 0.1) is 5.56 Å². The highest BCUT2D eigenvalue weighted by molar-refractivity contribution is 9.10. The molecular weight excluding hydrogens is 320 g/mol. The van der Waals surface area contributed by atoms with Crippen LogP contribution in [0.4, 0.5) is 0 Å². The average molecular weight is 339 g/mol. The van der Waals surface area contributed by atoms with Crippen molar-refractivity contribution in [1.29, 1.82) is 0 Å². The molecule has 1 saturated carbocycles. The fourth-order valence-electron chi connectivity index (χ4n) is 3.65. The van der Waals surface area contributed by atoms with E-state index in [1.54, 1.807) is 6.20 Å². The van der Waals surface area contributed by atoms with Gasteiger partial charge in [0, 0.05) is 29.3 Å². The van der Waals surface area contributed by atoms with Crippen LogP contribution in [0, 0.1) is 5.92 Å². The van der Waals surface area contributed by atoms with Crippen molar-refractivity contribution < 1.29 is 4.79 Å². The smallest absolute Gasteiger partial charge is 0.255 e. The number of nitrogens with one attached hydrogen (secondary N) is 1. The molecule has 0 radical (unpaired) electrons. The number of amides is 1. The summed E-state index contributed by atoms with van der Waals surface area (Å²) in [5.74, 6) is 0.654. The van der Waals surface area contributed by atoms with Crippen LogP contribution in [0.15, 0.2) is 21.5 Å².